The molecule has 4 heteroatoms. The van der Waals surface area contributed by atoms with Crippen molar-refractivity contribution in [1.29, 1.82) is 0 Å². The molecule has 1 N–H and O–H groups in total. The number of fused-ring (bicyclic) bond motifs is 1. The van der Waals surface area contributed by atoms with Crippen molar-refractivity contribution < 1.29 is 13.9 Å². The zero-order valence-corrected chi connectivity index (χ0v) is 11.9. The zero-order chi connectivity index (χ0) is 14.7. The van der Waals surface area contributed by atoms with Gasteiger partial charge in [-0.2, -0.15) is 0 Å². The first kappa shape index (κ1) is 13.9. The molecule has 1 heterocycles. The van der Waals surface area contributed by atoms with Crippen LogP contribution < -0.4 is 14.8 Å². The number of rotatable bonds is 5. The maximum absolute atomic E-state index is 13.9. The average Bonchev–Trinajstić information content (AvgIpc) is 2.96. The molecule has 0 radical (unpaired) electrons. The molecule has 0 fully saturated rings. The molecule has 1 atom stereocenters. The van der Waals surface area contributed by atoms with Gasteiger partial charge in [0.15, 0.2) is 11.5 Å². The van der Waals surface area contributed by atoms with Gasteiger partial charge in [0.25, 0.3) is 0 Å². The molecule has 0 aliphatic carbocycles. The molecule has 3 rings (SSSR count). The van der Waals surface area contributed by atoms with E-state index in [1.165, 1.54) is 6.07 Å². The highest BCUT2D eigenvalue weighted by Crippen LogP contribution is 2.35. The van der Waals surface area contributed by atoms with Crippen molar-refractivity contribution in [1.82, 2.24) is 5.32 Å². The molecule has 2 aromatic rings. The number of benzene rings is 2. The standard InChI is InChI=1S/C17H18FNO2/c1-2-19-15(9-12-5-3-4-6-14(12)18)13-7-8-16-17(10-13)21-11-20-16/h3-8,10,15,19H,2,9,11H2,1H3. The Morgan fingerprint density at radius 3 is 2.76 bits per heavy atom. The Morgan fingerprint density at radius 1 is 1.14 bits per heavy atom. The topological polar surface area (TPSA) is 30.5 Å². The Kier molecular flexibility index (Phi) is 4.06. The number of hydrogen-bond acceptors (Lipinski definition) is 3. The molecule has 0 aromatic heterocycles. The van der Waals surface area contributed by atoms with E-state index in [4.69, 9.17) is 9.47 Å². The van der Waals surface area contributed by atoms with Gasteiger partial charge in [0.2, 0.25) is 6.79 Å². The molecule has 0 saturated carbocycles. The quantitative estimate of drug-likeness (QED) is 0.913. The summed E-state index contributed by atoms with van der Waals surface area (Å²) in [5.41, 5.74) is 1.78. The largest absolute Gasteiger partial charge is 0.454 e. The first-order valence-corrected chi connectivity index (χ1v) is 7.14. The molecule has 1 unspecified atom stereocenters. The highest BCUT2D eigenvalue weighted by Gasteiger charge is 2.18. The minimum Gasteiger partial charge on any atom is -0.454 e. The average molecular weight is 287 g/mol. The van der Waals surface area contributed by atoms with Crippen LogP contribution in [0, 0.1) is 5.82 Å². The molecular formula is C17H18FNO2. The summed E-state index contributed by atoms with van der Waals surface area (Å²) >= 11 is 0. The first-order chi connectivity index (χ1) is 10.3. The molecule has 0 amide bonds. The SMILES string of the molecule is CCNC(Cc1ccccc1F)c1ccc2c(c1)OCO2. The van der Waals surface area contributed by atoms with E-state index >= 15 is 0 Å². The second-order valence-corrected chi connectivity index (χ2v) is 5.02. The van der Waals surface area contributed by atoms with Crippen LogP contribution in [0.5, 0.6) is 11.5 Å². The van der Waals surface area contributed by atoms with E-state index in [1.807, 2.05) is 37.3 Å². The van der Waals surface area contributed by atoms with Crippen LogP contribution in [0.1, 0.15) is 24.1 Å². The molecule has 0 spiro atoms. The number of nitrogens with one attached hydrogen (secondary N) is 1. The highest BCUT2D eigenvalue weighted by molar-refractivity contribution is 5.45. The lowest BCUT2D eigenvalue weighted by Gasteiger charge is -2.19. The number of halogens is 1. The minimum atomic E-state index is -0.166. The molecule has 110 valence electrons. The van der Waals surface area contributed by atoms with E-state index < -0.39 is 0 Å². The minimum absolute atomic E-state index is 0.0430. The lowest BCUT2D eigenvalue weighted by Crippen LogP contribution is -2.23. The van der Waals surface area contributed by atoms with Crippen molar-refractivity contribution >= 4 is 0 Å². The van der Waals surface area contributed by atoms with Crippen molar-refractivity contribution in [2.24, 2.45) is 0 Å². The van der Waals surface area contributed by atoms with Crippen molar-refractivity contribution in [2.75, 3.05) is 13.3 Å². The summed E-state index contributed by atoms with van der Waals surface area (Å²) in [5.74, 6) is 1.35. The Bertz CT molecular complexity index is 630. The molecule has 1 aliphatic rings. The number of hydrogen-bond donors (Lipinski definition) is 1. The third-order valence-corrected chi connectivity index (χ3v) is 3.63. The smallest absolute Gasteiger partial charge is 0.231 e. The Balaban J connectivity index is 1.86. The summed E-state index contributed by atoms with van der Waals surface area (Å²) in [7, 11) is 0. The van der Waals surface area contributed by atoms with E-state index in [2.05, 4.69) is 5.32 Å². The highest BCUT2D eigenvalue weighted by atomic mass is 19.1. The van der Waals surface area contributed by atoms with Crippen molar-refractivity contribution in [3.8, 4) is 11.5 Å². The van der Waals surface area contributed by atoms with E-state index in [9.17, 15) is 4.39 Å². The summed E-state index contributed by atoms with van der Waals surface area (Å²) < 4.78 is 24.6. The summed E-state index contributed by atoms with van der Waals surface area (Å²) in [6.45, 7) is 3.12. The van der Waals surface area contributed by atoms with Gasteiger partial charge in [-0.15, -0.1) is 0 Å². The van der Waals surface area contributed by atoms with Gasteiger partial charge < -0.3 is 14.8 Å². The Morgan fingerprint density at radius 2 is 1.95 bits per heavy atom. The maximum atomic E-state index is 13.9. The second kappa shape index (κ2) is 6.14. The molecular weight excluding hydrogens is 269 g/mol. The number of ether oxygens (including phenoxy) is 2. The third-order valence-electron chi connectivity index (χ3n) is 3.63. The van der Waals surface area contributed by atoms with Gasteiger partial charge in [-0.05, 0) is 42.3 Å². The van der Waals surface area contributed by atoms with Crippen LogP contribution in [0.4, 0.5) is 4.39 Å². The predicted molar refractivity (Wildman–Crippen MR) is 79.1 cm³/mol. The zero-order valence-electron chi connectivity index (χ0n) is 11.9. The molecule has 2 aromatic carbocycles. The van der Waals surface area contributed by atoms with Gasteiger partial charge in [0.1, 0.15) is 5.82 Å². The summed E-state index contributed by atoms with van der Waals surface area (Å²) in [6, 6.07) is 12.8. The van der Waals surface area contributed by atoms with Crippen LogP contribution in [0.3, 0.4) is 0 Å². The monoisotopic (exact) mass is 287 g/mol. The molecule has 3 nitrogen and oxygen atoms in total. The van der Waals surface area contributed by atoms with E-state index in [0.29, 0.717) is 12.0 Å². The van der Waals surface area contributed by atoms with Gasteiger partial charge in [0.05, 0.1) is 0 Å². The van der Waals surface area contributed by atoms with Crippen molar-refractivity contribution in [3.63, 3.8) is 0 Å². The molecule has 21 heavy (non-hydrogen) atoms. The fourth-order valence-corrected chi connectivity index (χ4v) is 2.57. The van der Waals surface area contributed by atoms with Gasteiger partial charge in [-0.3, -0.25) is 0 Å². The molecule has 0 saturated heterocycles. The lowest BCUT2D eigenvalue weighted by molar-refractivity contribution is 0.174. The Labute approximate surface area is 123 Å². The predicted octanol–water partition coefficient (Wildman–Crippen LogP) is 3.45. The first-order valence-electron chi connectivity index (χ1n) is 7.14. The van der Waals surface area contributed by atoms with Crippen LogP contribution in [0.25, 0.3) is 0 Å². The van der Waals surface area contributed by atoms with Crippen LogP contribution in [-0.2, 0) is 6.42 Å². The Hall–Kier alpha value is -2.07. The van der Waals surface area contributed by atoms with E-state index in [1.54, 1.807) is 6.07 Å². The van der Waals surface area contributed by atoms with Crippen LogP contribution >= 0.6 is 0 Å². The van der Waals surface area contributed by atoms with Gasteiger partial charge in [-0.25, -0.2) is 4.39 Å². The van der Waals surface area contributed by atoms with E-state index in [0.717, 1.165) is 23.6 Å². The van der Waals surface area contributed by atoms with Crippen LogP contribution in [0.15, 0.2) is 42.5 Å². The lowest BCUT2D eigenvalue weighted by atomic mass is 9.98. The van der Waals surface area contributed by atoms with Gasteiger partial charge in [-0.1, -0.05) is 31.2 Å². The van der Waals surface area contributed by atoms with Gasteiger partial charge >= 0.3 is 0 Å². The normalized spacial score (nSPS) is 14.2. The third kappa shape index (κ3) is 3.00. The summed E-state index contributed by atoms with van der Waals surface area (Å²) in [5, 5.41) is 3.40. The van der Waals surface area contributed by atoms with Crippen molar-refractivity contribution in [3.05, 3.63) is 59.4 Å². The summed E-state index contributed by atoms with van der Waals surface area (Å²) in [6.07, 6.45) is 0.597. The van der Waals surface area contributed by atoms with Crippen LogP contribution in [0.2, 0.25) is 0 Å². The maximum Gasteiger partial charge on any atom is 0.231 e. The summed E-state index contributed by atoms with van der Waals surface area (Å²) in [4.78, 5) is 0. The van der Waals surface area contributed by atoms with E-state index in [-0.39, 0.29) is 18.7 Å². The van der Waals surface area contributed by atoms with Crippen molar-refractivity contribution in [2.45, 2.75) is 19.4 Å². The number of likely N-dealkylation sites (N-methyl/N-ethyl adjacent to an activating group) is 1. The second-order valence-electron chi connectivity index (χ2n) is 5.02. The molecule has 1 aliphatic heterocycles. The molecule has 0 bridgehead atoms. The fourth-order valence-electron chi connectivity index (χ4n) is 2.57. The van der Waals surface area contributed by atoms with Gasteiger partial charge in [0, 0.05) is 6.04 Å². The fraction of sp³-hybridized carbons (Fsp3) is 0.294. The van der Waals surface area contributed by atoms with Crippen LogP contribution in [-0.4, -0.2) is 13.3 Å².